The van der Waals surface area contributed by atoms with E-state index in [0.717, 1.165) is 5.56 Å². The molecule has 0 saturated carbocycles. The van der Waals surface area contributed by atoms with Gasteiger partial charge in [-0.3, -0.25) is 9.59 Å². The van der Waals surface area contributed by atoms with Crippen LogP contribution in [0.25, 0.3) is 0 Å². The summed E-state index contributed by atoms with van der Waals surface area (Å²) in [7, 11) is 3.33. The molecule has 5 rings (SSSR count). The zero-order valence-corrected chi connectivity index (χ0v) is 17.7. The SMILES string of the molecule is COc1ccc([C@H]2[C@@H](C(=O)Nc3ccc4c(c3)OCO4)c3ccccc3C(=O)N2C)cc1. The maximum atomic E-state index is 13.6. The van der Waals surface area contributed by atoms with E-state index < -0.39 is 12.0 Å². The Kier molecular flexibility index (Phi) is 4.93. The topological polar surface area (TPSA) is 77.1 Å². The maximum Gasteiger partial charge on any atom is 0.254 e. The van der Waals surface area contributed by atoms with Gasteiger partial charge in [-0.1, -0.05) is 30.3 Å². The summed E-state index contributed by atoms with van der Waals surface area (Å²) in [5, 5.41) is 3.00. The van der Waals surface area contributed by atoms with Crippen molar-refractivity contribution in [3.05, 3.63) is 83.4 Å². The molecular formula is C25H22N2O5. The summed E-state index contributed by atoms with van der Waals surface area (Å²) in [5.41, 5.74) is 2.69. The highest BCUT2D eigenvalue weighted by Gasteiger charge is 2.42. The molecule has 7 nitrogen and oxygen atoms in total. The van der Waals surface area contributed by atoms with Crippen molar-refractivity contribution in [3.8, 4) is 17.2 Å². The molecule has 0 spiro atoms. The van der Waals surface area contributed by atoms with Gasteiger partial charge in [-0.25, -0.2) is 0 Å². The van der Waals surface area contributed by atoms with Gasteiger partial charge < -0.3 is 24.4 Å². The van der Waals surface area contributed by atoms with Crippen LogP contribution >= 0.6 is 0 Å². The van der Waals surface area contributed by atoms with Crippen LogP contribution in [-0.4, -0.2) is 37.7 Å². The van der Waals surface area contributed by atoms with Gasteiger partial charge in [0.1, 0.15) is 5.75 Å². The van der Waals surface area contributed by atoms with Gasteiger partial charge in [-0.15, -0.1) is 0 Å². The summed E-state index contributed by atoms with van der Waals surface area (Å²) in [6, 6.07) is 19.5. The van der Waals surface area contributed by atoms with E-state index >= 15 is 0 Å². The van der Waals surface area contributed by atoms with Gasteiger partial charge in [0, 0.05) is 24.4 Å². The summed E-state index contributed by atoms with van der Waals surface area (Å²) in [4.78, 5) is 28.4. The Morgan fingerprint density at radius 1 is 1.03 bits per heavy atom. The monoisotopic (exact) mass is 430 g/mol. The highest BCUT2D eigenvalue weighted by molar-refractivity contribution is 6.04. The van der Waals surface area contributed by atoms with E-state index in [1.165, 1.54) is 0 Å². The van der Waals surface area contributed by atoms with E-state index in [-0.39, 0.29) is 18.6 Å². The Morgan fingerprint density at radius 2 is 1.78 bits per heavy atom. The fraction of sp³-hybridized carbons (Fsp3) is 0.200. The molecule has 2 aliphatic heterocycles. The average molecular weight is 430 g/mol. The first-order chi connectivity index (χ1) is 15.6. The number of carbonyl (C=O) groups excluding carboxylic acids is 2. The second-order valence-electron chi connectivity index (χ2n) is 7.76. The summed E-state index contributed by atoms with van der Waals surface area (Å²) >= 11 is 0. The van der Waals surface area contributed by atoms with Gasteiger partial charge >= 0.3 is 0 Å². The zero-order valence-electron chi connectivity index (χ0n) is 17.7. The fourth-order valence-electron chi connectivity index (χ4n) is 4.37. The fourth-order valence-corrected chi connectivity index (χ4v) is 4.37. The third-order valence-corrected chi connectivity index (χ3v) is 5.96. The van der Waals surface area contributed by atoms with Crippen LogP contribution in [0.2, 0.25) is 0 Å². The van der Waals surface area contributed by atoms with E-state index in [0.29, 0.717) is 34.1 Å². The van der Waals surface area contributed by atoms with Crippen LogP contribution < -0.4 is 19.5 Å². The number of likely N-dealkylation sites (N-methyl/N-ethyl adjacent to an activating group) is 1. The predicted octanol–water partition coefficient (Wildman–Crippen LogP) is 3.97. The van der Waals surface area contributed by atoms with Crippen molar-refractivity contribution in [2.45, 2.75) is 12.0 Å². The molecule has 3 aromatic carbocycles. The number of anilines is 1. The molecule has 2 aliphatic rings. The molecule has 0 saturated heterocycles. The normalized spacial score (nSPS) is 18.8. The lowest BCUT2D eigenvalue weighted by Gasteiger charge is -2.39. The van der Waals surface area contributed by atoms with Crippen molar-refractivity contribution in [1.29, 1.82) is 0 Å². The first-order valence-corrected chi connectivity index (χ1v) is 10.3. The number of fused-ring (bicyclic) bond motifs is 2. The minimum absolute atomic E-state index is 0.117. The van der Waals surface area contributed by atoms with Crippen LogP contribution in [0.5, 0.6) is 17.2 Å². The Morgan fingerprint density at radius 3 is 2.56 bits per heavy atom. The molecule has 0 aromatic heterocycles. The molecule has 32 heavy (non-hydrogen) atoms. The number of methoxy groups -OCH3 is 1. The molecule has 0 aliphatic carbocycles. The molecular weight excluding hydrogens is 408 g/mol. The third-order valence-electron chi connectivity index (χ3n) is 5.96. The molecule has 2 heterocycles. The summed E-state index contributed by atoms with van der Waals surface area (Å²) in [6.45, 7) is 0.162. The van der Waals surface area contributed by atoms with Crippen LogP contribution in [0.15, 0.2) is 66.7 Å². The molecule has 0 unspecified atom stereocenters. The van der Waals surface area contributed by atoms with Gasteiger partial charge in [-0.05, 0) is 41.5 Å². The van der Waals surface area contributed by atoms with Crippen LogP contribution in [0.4, 0.5) is 5.69 Å². The number of hydrogen-bond donors (Lipinski definition) is 1. The highest BCUT2D eigenvalue weighted by Crippen LogP contribution is 2.43. The van der Waals surface area contributed by atoms with Crippen molar-refractivity contribution in [2.24, 2.45) is 0 Å². The number of benzene rings is 3. The average Bonchev–Trinajstić information content (AvgIpc) is 3.29. The number of ether oxygens (including phenoxy) is 3. The second-order valence-corrected chi connectivity index (χ2v) is 7.76. The van der Waals surface area contributed by atoms with Gasteiger partial charge in [0.25, 0.3) is 5.91 Å². The Labute approximate surface area is 185 Å². The lowest BCUT2D eigenvalue weighted by molar-refractivity contribution is -0.119. The first-order valence-electron chi connectivity index (χ1n) is 10.3. The van der Waals surface area contributed by atoms with E-state index in [1.807, 2.05) is 42.5 Å². The van der Waals surface area contributed by atoms with E-state index in [4.69, 9.17) is 14.2 Å². The standard InChI is InChI=1S/C25H22N2O5/c1-27-23(15-7-10-17(30-2)11-8-15)22(18-5-3-4-6-19(18)25(27)29)24(28)26-16-9-12-20-21(13-16)32-14-31-20/h3-13,22-23H,14H2,1-2H3,(H,26,28)/t22-,23-/m0/s1. The summed E-state index contributed by atoms with van der Waals surface area (Å²) in [6.07, 6.45) is 0. The molecule has 2 amide bonds. The van der Waals surface area contributed by atoms with E-state index in [2.05, 4.69) is 5.32 Å². The zero-order chi connectivity index (χ0) is 22.2. The minimum Gasteiger partial charge on any atom is -0.497 e. The number of hydrogen-bond acceptors (Lipinski definition) is 5. The highest BCUT2D eigenvalue weighted by atomic mass is 16.7. The van der Waals surface area contributed by atoms with Crippen LogP contribution in [-0.2, 0) is 4.79 Å². The number of nitrogens with one attached hydrogen (secondary N) is 1. The number of rotatable bonds is 4. The van der Waals surface area contributed by atoms with Crippen LogP contribution in [0.1, 0.15) is 33.4 Å². The second kappa shape index (κ2) is 7.92. The van der Waals surface area contributed by atoms with Gasteiger partial charge in [0.05, 0.1) is 19.1 Å². The molecule has 0 bridgehead atoms. The predicted molar refractivity (Wildman–Crippen MR) is 118 cm³/mol. The van der Waals surface area contributed by atoms with Crippen molar-refractivity contribution in [3.63, 3.8) is 0 Å². The first kappa shape index (κ1) is 19.9. The van der Waals surface area contributed by atoms with Crippen molar-refractivity contribution in [2.75, 3.05) is 26.3 Å². The molecule has 162 valence electrons. The van der Waals surface area contributed by atoms with Crippen LogP contribution in [0.3, 0.4) is 0 Å². The quantitative estimate of drug-likeness (QED) is 0.678. The van der Waals surface area contributed by atoms with Crippen molar-refractivity contribution in [1.82, 2.24) is 4.90 Å². The van der Waals surface area contributed by atoms with Crippen molar-refractivity contribution < 1.29 is 23.8 Å². The van der Waals surface area contributed by atoms with Crippen molar-refractivity contribution >= 4 is 17.5 Å². The number of nitrogens with zero attached hydrogens (tertiary/aromatic N) is 1. The van der Waals surface area contributed by atoms with Gasteiger partial charge in [-0.2, -0.15) is 0 Å². The lowest BCUT2D eigenvalue weighted by Crippen LogP contribution is -2.44. The number of carbonyl (C=O) groups is 2. The van der Waals surface area contributed by atoms with E-state index in [1.54, 1.807) is 43.3 Å². The molecule has 1 N–H and O–H groups in total. The molecule has 0 radical (unpaired) electrons. The maximum absolute atomic E-state index is 13.6. The molecule has 0 fully saturated rings. The third kappa shape index (κ3) is 3.32. The Balaban J connectivity index is 1.55. The minimum atomic E-state index is -0.604. The summed E-state index contributed by atoms with van der Waals surface area (Å²) < 4.78 is 16.0. The van der Waals surface area contributed by atoms with Gasteiger partial charge in [0.2, 0.25) is 12.7 Å². The molecule has 7 heteroatoms. The Hall–Kier alpha value is -4.00. The molecule has 2 atom stereocenters. The van der Waals surface area contributed by atoms with Gasteiger partial charge in [0.15, 0.2) is 11.5 Å². The largest absolute Gasteiger partial charge is 0.497 e. The molecule has 3 aromatic rings. The smallest absolute Gasteiger partial charge is 0.254 e. The number of amides is 2. The lowest BCUT2D eigenvalue weighted by atomic mass is 9.79. The summed E-state index contributed by atoms with van der Waals surface area (Å²) in [5.74, 6) is 1.01. The van der Waals surface area contributed by atoms with E-state index in [9.17, 15) is 9.59 Å². The van der Waals surface area contributed by atoms with Crippen LogP contribution in [0, 0.1) is 0 Å². The Bertz CT molecular complexity index is 1190.